The summed E-state index contributed by atoms with van der Waals surface area (Å²) in [6.07, 6.45) is -1.16. The molecule has 4 nitrogen and oxygen atoms in total. The van der Waals surface area contributed by atoms with E-state index in [2.05, 4.69) is 15.0 Å². The maximum Gasteiger partial charge on any atom is 0.416 e. The average molecular weight is 291 g/mol. The van der Waals surface area contributed by atoms with Gasteiger partial charge in [0.05, 0.1) is 5.56 Å². The van der Waals surface area contributed by atoms with E-state index in [9.17, 15) is 18.0 Å². The van der Waals surface area contributed by atoms with Crippen LogP contribution in [0.15, 0.2) is 35.5 Å². The van der Waals surface area contributed by atoms with Gasteiger partial charge in [-0.25, -0.2) is 9.97 Å². The first-order valence-electron chi connectivity index (χ1n) is 6.06. The van der Waals surface area contributed by atoms with Gasteiger partial charge in [-0.1, -0.05) is 18.2 Å². The molecule has 1 aromatic carbocycles. The molecule has 106 valence electrons. The van der Waals surface area contributed by atoms with Gasteiger partial charge in [-0.05, 0) is 12.1 Å². The third kappa shape index (κ3) is 2.67. The van der Waals surface area contributed by atoms with E-state index in [1.54, 1.807) is 6.08 Å². The van der Waals surface area contributed by atoms with Gasteiger partial charge in [0.2, 0.25) is 0 Å². The molecule has 7 heteroatoms. The lowest BCUT2D eigenvalue weighted by molar-refractivity contribution is -0.137. The molecule has 2 heterocycles. The van der Waals surface area contributed by atoms with Crippen LogP contribution in [0, 0.1) is 0 Å². The van der Waals surface area contributed by atoms with E-state index in [0.29, 0.717) is 5.22 Å². The number of carbonyl (C=O) groups is 1. The Morgan fingerprint density at radius 2 is 2.00 bits per heavy atom. The van der Waals surface area contributed by atoms with Crippen LogP contribution >= 0.6 is 0 Å². The normalized spacial score (nSPS) is 14.1. The highest BCUT2D eigenvalue weighted by molar-refractivity contribution is 5.82. The van der Waals surface area contributed by atoms with E-state index >= 15 is 0 Å². The van der Waals surface area contributed by atoms with Crippen LogP contribution in [0.3, 0.4) is 0 Å². The molecule has 0 aliphatic carbocycles. The fourth-order valence-corrected chi connectivity index (χ4v) is 1.95. The summed E-state index contributed by atoms with van der Waals surface area (Å²) in [6, 6.07) is 4.71. The largest absolute Gasteiger partial charge is 0.416 e. The van der Waals surface area contributed by atoms with Crippen molar-refractivity contribution < 1.29 is 18.0 Å². The summed E-state index contributed by atoms with van der Waals surface area (Å²) in [5.74, 6) is -0.233. The SMILES string of the molecule is O=C1CC=c2cnc(-c3cccc(C(F)(F)F)c3)nc2=N1. The van der Waals surface area contributed by atoms with Crippen molar-refractivity contribution in [1.82, 2.24) is 9.97 Å². The molecule has 21 heavy (non-hydrogen) atoms. The molecule has 0 fully saturated rings. The van der Waals surface area contributed by atoms with Crippen LogP contribution in [-0.4, -0.2) is 15.9 Å². The van der Waals surface area contributed by atoms with Crippen molar-refractivity contribution in [3.05, 3.63) is 46.7 Å². The Morgan fingerprint density at radius 3 is 2.76 bits per heavy atom. The predicted octanol–water partition coefficient (Wildman–Crippen LogP) is 1.49. The van der Waals surface area contributed by atoms with E-state index in [1.165, 1.54) is 18.3 Å². The summed E-state index contributed by atoms with van der Waals surface area (Å²) in [6.45, 7) is 0. The number of fused-ring (bicyclic) bond motifs is 1. The van der Waals surface area contributed by atoms with Crippen LogP contribution in [0.4, 0.5) is 13.2 Å². The van der Waals surface area contributed by atoms with E-state index < -0.39 is 11.7 Å². The van der Waals surface area contributed by atoms with Gasteiger partial charge in [0.1, 0.15) is 0 Å². The van der Waals surface area contributed by atoms with Crippen LogP contribution in [0.1, 0.15) is 12.0 Å². The second-order valence-electron chi connectivity index (χ2n) is 4.46. The van der Waals surface area contributed by atoms with Gasteiger partial charge in [-0.2, -0.15) is 18.2 Å². The summed E-state index contributed by atoms with van der Waals surface area (Å²) in [4.78, 5) is 23.1. The fraction of sp³-hybridized carbons (Fsp3) is 0.143. The van der Waals surface area contributed by atoms with Crippen LogP contribution in [0.5, 0.6) is 0 Å². The standard InChI is InChI=1S/C14H8F3N3O/c15-14(16,17)10-3-1-2-8(6-10)12-18-7-9-4-5-11(21)19-13(9)20-12/h1-4,6-7H,5H2. The van der Waals surface area contributed by atoms with Gasteiger partial charge in [0, 0.05) is 23.4 Å². The zero-order chi connectivity index (χ0) is 15.0. The van der Waals surface area contributed by atoms with Crippen molar-refractivity contribution in [2.45, 2.75) is 12.6 Å². The zero-order valence-corrected chi connectivity index (χ0v) is 10.6. The number of halogens is 3. The summed E-state index contributed by atoms with van der Waals surface area (Å²) in [7, 11) is 0. The van der Waals surface area contributed by atoms with Gasteiger partial charge < -0.3 is 0 Å². The lowest BCUT2D eigenvalue weighted by atomic mass is 10.1. The third-order valence-corrected chi connectivity index (χ3v) is 2.97. The number of benzene rings is 1. The molecule has 0 bridgehead atoms. The minimum atomic E-state index is -4.43. The van der Waals surface area contributed by atoms with Crippen molar-refractivity contribution in [3.63, 3.8) is 0 Å². The smallest absolute Gasteiger partial charge is 0.272 e. The highest BCUT2D eigenvalue weighted by atomic mass is 19.4. The molecule has 0 radical (unpaired) electrons. The van der Waals surface area contributed by atoms with Crippen molar-refractivity contribution >= 4 is 12.0 Å². The highest BCUT2D eigenvalue weighted by Crippen LogP contribution is 2.31. The molecule has 1 aliphatic rings. The average Bonchev–Trinajstić information content (AvgIpc) is 2.45. The highest BCUT2D eigenvalue weighted by Gasteiger charge is 2.30. The van der Waals surface area contributed by atoms with E-state index in [1.807, 2.05) is 0 Å². The third-order valence-electron chi connectivity index (χ3n) is 2.97. The lowest BCUT2D eigenvalue weighted by Crippen LogP contribution is -2.33. The van der Waals surface area contributed by atoms with Crippen LogP contribution < -0.4 is 10.7 Å². The Bertz CT molecular complexity index is 843. The van der Waals surface area contributed by atoms with Crippen molar-refractivity contribution in [2.24, 2.45) is 4.99 Å². The number of carbonyl (C=O) groups excluding carboxylic acids is 1. The number of hydrogen-bond acceptors (Lipinski definition) is 3. The minimum Gasteiger partial charge on any atom is -0.272 e. The summed E-state index contributed by atoms with van der Waals surface area (Å²) in [5, 5.41) is 0.602. The molecular formula is C14H8F3N3O. The van der Waals surface area contributed by atoms with Crippen molar-refractivity contribution in [2.75, 3.05) is 0 Å². The first kappa shape index (κ1) is 13.4. The number of alkyl halides is 3. The van der Waals surface area contributed by atoms with Gasteiger partial charge in [-0.15, -0.1) is 0 Å². The molecule has 0 saturated carbocycles. The number of hydrogen-bond donors (Lipinski definition) is 0. The molecule has 1 amide bonds. The molecule has 0 saturated heterocycles. The summed E-state index contributed by atoms with van der Waals surface area (Å²) < 4.78 is 38.1. The van der Waals surface area contributed by atoms with Gasteiger partial charge >= 0.3 is 6.18 Å². The van der Waals surface area contributed by atoms with E-state index in [-0.39, 0.29) is 29.2 Å². The van der Waals surface area contributed by atoms with Crippen LogP contribution in [0.2, 0.25) is 0 Å². The van der Waals surface area contributed by atoms with E-state index in [0.717, 1.165) is 12.1 Å². The minimum absolute atomic E-state index is 0.103. The molecule has 0 N–H and O–H groups in total. The Labute approximate surface area is 116 Å². The van der Waals surface area contributed by atoms with Crippen molar-refractivity contribution in [1.29, 1.82) is 0 Å². The maximum absolute atomic E-state index is 12.7. The molecule has 0 spiro atoms. The number of nitrogens with zero attached hydrogens (tertiary/aromatic N) is 3. The Morgan fingerprint density at radius 1 is 1.19 bits per heavy atom. The molecular weight excluding hydrogens is 283 g/mol. The molecule has 0 atom stereocenters. The lowest BCUT2D eigenvalue weighted by Gasteiger charge is -2.08. The molecule has 0 unspecified atom stereocenters. The first-order chi connectivity index (χ1) is 9.93. The second-order valence-corrected chi connectivity index (χ2v) is 4.46. The summed E-state index contributed by atoms with van der Waals surface area (Å²) in [5.41, 5.74) is -0.365. The maximum atomic E-state index is 12.7. The summed E-state index contributed by atoms with van der Waals surface area (Å²) >= 11 is 0. The fourth-order valence-electron chi connectivity index (χ4n) is 1.95. The van der Waals surface area contributed by atoms with Crippen LogP contribution in [-0.2, 0) is 11.0 Å². The predicted molar refractivity (Wildman–Crippen MR) is 67.3 cm³/mol. The molecule has 3 rings (SSSR count). The monoisotopic (exact) mass is 291 g/mol. The molecule has 1 aliphatic heterocycles. The van der Waals surface area contributed by atoms with Crippen LogP contribution in [0.25, 0.3) is 17.5 Å². The number of amides is 1. The van der Waals surface area contributed by atoms with Gasteiger partial charge in [-0.3, -0.25) is 4.79 Å². The zero-order valence-electron chi connectivity index (χ0n) is 10.6. The van der Waals surface area contributed by atoms with Crippen molar-refractivity contribution in [3.8, 4) is 11.4 Å². The van der Waals surface area contributed by atoms with Gasteiger partial charge in [0.25, 0.3) is 5.91 Å². The Kier molecular flexibility index (Phi) is 3.04. The second kappa shape index (κ2) is 4.76. The molecule has 2 aromatic rings. The Hall–Kier alpha value is -2.57. The Balaban J connectivity index is 2.13. The topological polar surface area (TPSA) is 55.2 Å². The quantitative estimate of drug-likeness (QED) is 0.800. The molecule has 1 aromatic heterocycles. The van der Waals surface area contributed by atoms with E-state index in [4.69, 9.17) is 0 Å². The number of aromatic nitrogens is 2. The first-order valence-corrected chi connectivity index (χ1v) is 6.06. The van der Waals surface area contributed by atoms with Gasteiger partial charge in [0.15, 0.2) is 11.3 Å². The number of rotatable bonds is 1.